The fraction of sp³-hybridized carbons (Fsp3) is 0.353. The maximum absolute atomic E-state index is 12.1. The van der Waals surface area contributed by atoms with Gasteiger partial charge in [-0.2, -0.15) is 0 Å². The summed E-state index contributed by atoms with van der Waals surface area (Å²) in [5.41, 5.74) is 0.946. The molecule has 3 rings (SSSR count). The molecule has 2 heterocycles. The highest BCUT2D eigenvalue weighted by Gasteiger charge is 2.29. The van der Waals surface area contributed by atoms with E-state index in [0.29, 0.717) is 11.4 Å². The maximum atomic E-state index is 12.1. The molecule has 0 unspecified atom stereocenters. The van der Waals surface area contributed by atoms with Crippen molar-refractivity contribution >= 4 is 33.1 Å². The van der Waals surface area contributed by atoms with Gasteiger partial charge in [0.2, 0.25) is 0 Å². The van der Waals surface area contributed by atoms with Crippen LogP contribution in [0.2, 0.25) is 0 Å². The number of hydrogen-bond acceptors (Lipinski definition) is 8. The van der Waals surface area contributed by atoms with Gasteiger partial charge in [0.1, 0.15) is 10.8 Å². The smallest absolute Gasteiger partial charge is 0.358 e. The zero-order valence-electron chi connectivity index (χ0n) is 14.5. The Balaban J connectivity index is 1.52. The number of ether oxygens (including phenoxy) is 2. The fourth-order valence-corrected chi connectivity index (χ4v) is 5.09. The van der Waals surface area contributed by atoms with Crippen molar-refractivity contribution in [3.63, 3.8) is 0 Å². The van der Waals surface area contributed by atoms with Crippen molar-refractivity contribution in [2.45, 2.75) is 12.5 Å². The molecule has 0 aliphatic carbocycles. The lowest BCUT2D eigenvalue weighted by Gasteiger charge is -2.10. The van der Waals surface area contributed by atoms with Crippen LogP contribution < -0.4 is 10.1 Å². The molecule has 1 aromatic heterocycles. The third kappa shape index (κ3) is 5.04. The van der Waals surface area contributed by atoms with Gasteiger partial charge in [0.05, 0.1) is 18.6 Å². The quantitative estimate of drug-likeness (QED) is 0.714. The van der Waals surface area contributed by atoms with E-state index in [-0.39, 0.29) is 17.2 Å². The second-order valence-corrected chi connectivity index (χ2v) is 9.10. The average Bonchev–Trinajstić information content (AvgIpc) is 3.26. The fourth-order valence-electron chi connectivity index (χ4n) is 2.62. The number of rotatable bonds is 6. The average molecular weight is 410 g/mol. The summed E-state index contributed by atoms with van der Waals surface area (Å²) < 4.78 is 32.8. The Morgan fingerprint density at radius 2 is 2.04 bits per heavy atom. The van der Waals surface area contributed by atoms with Crippen LogP contribution in [0.15, 0.2) is 29.6 Å². The topological polar surface area (TPSA) is 112 Å². The van der Waals surface area contributed by atoms with Crippen LogP contribution in [0, 0.1) is 0 Å². The maximum Gasteiger partial charge on any atom is 0.358 e. The molecule has 1 fully saturated rings. The van der Waals surface area contributed by atoms with E-state index in [1.165, 1.54) is 11.3 Å². The van der Waals surface area contributed by atoms with Gasteiger partial charge in [-0.15, -0.1) is 11.3 Å². The minimum atomic E-state index is -3.08. The molecular weight excluding hydrogens is 392 g/mol. The molecule has 1 saturated heterocycles. The number of hydrogen-bond donors (Lipinski definition) is 1. The Morgan fingerprint density at radius 3 is 2.67 bits per heavy atom. The van der Waals surface area contributed by atoms with E-state index >= 15 is 0 Å². The number of amides is 1. The lowest BCUT2D eigenvalue weighted by Crippen LogP contribution is -2.38. The van der Waals surface area contributed by atoms with Crippen molar-refractivity contribution in [2.75, 3.05) is 25.2 Å². The van der Waals surface area contributed by atoms with Crippen molar-refractivity contribution in [3.8, 4) is 16.3 Å². The number of carbonyl (C=O) groups is 2. The molecule has 0 radical (unpaired) electrons. The van der Waals surface area contributed by atoms with Gasteiger partial charge >= 0.3 is 5.97 Å². The van der Waals surface area contributed by atoms with Gasteiger partial charge in [0.25, 0.3) is 5.91 Å². The van der Waals surface area contributed by atoms with Gasteiger partial charge < -0.3 is 14.8 Å². The summed E-state index contributed by atoms with van der Waals surface area (Å²) in [6, 6.07) is 6.82. The molecule has 8 nitrogen and oxygen atoms in total. The first-order valence-electron chi connectivity index (χ1n) is 8.13. The first kappa shape index (κ1) is 19.3. The third-order valence-corrected chi connectivity index (χ3v) is 6.64. The van der Waals surface area contributed by atoms with Crippen molar-refractivity contribution in [2.24, 2.45) is 0 Å². The molecule has 1 aliphatic heterocycles. The molecule has 1 amide bonds. The normalized spacial score (nSPS) is 18.0. The van der Waals surface area contributed by atoms with Crippen LogP contribution in [0.5, 0.6) is 5.75 Å². The van der Waals surface area contributed by atoms with Gasteiger partial charge in [-0.3, -0.25) is 4.79 Å². The summed E-state index contributed by atoms with van der Waals surface area (Å²) in [7, 11) is -1.50. The third-order valence-electron chi connectivity index (χ3n) is 3.98. The van der Waals surface area contributed by atoms with Crippen LogP contribution >= 0.6 is 11.3 Å². The van der Waals surface area contributed by atoms with Crippen LogP contribution in [0.25, 0.3) is 10.6 Å². The van der Waals surface area contributed by atoms with Crippen LogP contribution in [-0.2, 0) is 19.4 Å². The van der Waals surface area contributed by atoms with Gasteiger partial charge in [0, 0.05) is 17.0 Å². The lowest BCUT2D eigenvalue weighted by molar-refractivity contribution is -0.124. The minimum Gasteiger partial charge on any atom is -0.497 e. The van der Waals surface area contributed by atoms with Crippen molar-refractivity contribution in [3.05, 3.63) is 35.3 Å². The van der Waals surface area contributed by atoms with Crippen molar-refractivity contribution in [1.29, 1.82) is 0 Å². The lowest BCUT2D eigenvalue weighted by atomic mass is 10.2. The SMILES string of the molecule is COc1ccc(-c2nc(C(=O)OCC(=O)N[C@H]3CCS(=O)(=O)C3)cs2)cc1. The molecule has 0 bridgehead atoms. The molecule has 1 atom stereocenters. The van der Waals surface area contributed by atoms with Gasteiger partial charge in [-0.1, -0.05) is 0 Å². The number of benzene rings is 1. The predicted molar refractivity (Wildman–Crippen MR) is 99.6 cm³/mol. The van der Waals surface area contributed by atoms with E-state index < -0.39 is 34.4 Å². The Kier molecular flexibility index (Phi) is 5.76. The van der Waals surface area contributed by atoms with E-state index in [1.807, 2.05) is 12.1 Å². The second-order valence-electron chi connectivity index (χ2n) is 6.01. The molecule has 144 valence electrons. The van der Waals surface area contributed by atoms with Gasteiger partial charge in [-0.05, 0) is 30.7 Å². The van der Waals surface area contributed by atoms with Crippen LogP contribution in [0.4, 0.5) is 0 Å². The number of nitrogens with one attached hydrogen (secondary N) is 1. The summed E-state index contributed by atoms with van der Waals surface area (Å²) >= 11 is 1.28. The molecule has 1 aliphatic rings. The zero-order chi connectivity index (χ0) is 19.4. The highest BCUT2D eigenvalue weighted by Crippen LogP contribution is 2.25. The van der Waals surface area contributed by atoms with E-state index in [9.17, 15) is 18.0 Å². The predicted octanol–water partition coefficient (Wildman–Crippen LogP) is 1.28. The molecule has 10 heteroatoms. The Labute approximate surface area is 160 Å². The highest BCUT2D eigenvalue weighted by molar-refractivity contribution is 7.91. The second kappa shape index (κ2) is 8.05. The number of methoxy groups -OCH3 is 1. The first-order valence-corrected chi connectivity index (χ1v) is 10.8. The number of carbonyl (C=O) groups excluding carboxylic acids is 2. The van der Waals surface area contributed by atoms with Crippen molar-refractivity contribution in [1.82, 2.24) is 10.3 Å². The molecule has 27 heavy (non-hydrogen) atoms. The summed E-state index contributed by atoms with van der Waals surface area (Å²) in [6.45, 7) is -0.481. The van der Waals surface area contributed by atoms with E-state index in [0.717, 1.165) is 11.3 Å². The molecule has 2 aromatic rings. The molecule has 1 N–H and O–H groups in total. The largest absolute Gasteiger partial charge is 0.497 e. The summed E-state index contributed by atoms with van der Waals surface area (Å²) in [5, 5.41) is 4.76. The first-order chi connectivity index (χ1) is 12.9. The highest BCUT2D eigenvalue weighted by atomic mass is 32.2. The molecular formula is C17H18N2O6S2. The summed E-state index contributed by atoms with van der Waals surface area (Å²) in [6.07, 6.45) is 0.374. The Bertz CT molecular complexity index is 937. The number of aromatic nitrogens is 1. The summed E-state index contributed by atoms with van der Waals surface area (Å²) in [4.78, 5) is 28.1. The monoisotopic (exact) mass is 410 g/mol. The molecule has 1 aromatic carbocycles. The Morgan fingerprint density at radius 1 is 1.30 bits per heavy atom. The van der Waals surface area contributed by atoms with Crippen LogP contribution in [-0.4, -0.2) is 56.5 Å². The zero-order valence-corrected chi connectivity index (χ0v) is 16.1. The van der Waals surface area contributed by atoms with Crippen LogP contribution in [0.3, 0.4) is 0 Å². The van der Waals surface area contributed by atoms with E-state index in [2.05, 4.69) is 10.3 Å². The molecule has 0 saturated carbocycles. The summed E-state index contributed by atoms with van der Waals surface area (Å²) in [5.74, 6) is -0.540. The molecule has 0 spiro atoms. The van der Waals surface area contributed by atoms with Crippen LogP contribution in [0.1, 0.15) is 16.9 Å². The van der Waals surface area contributed by atoms with E-state index in [4.69, 9.17) is 9.47 Å². The minimum absolute atomic E-state index is 0.0602. The number of sulfone groups is 1. The standard InChI is InChI=1S/C17H18N2O6S2/c1-24-13-4-2-11(3-5-13)16-19-14(9-26-16)17(21)25-8-15(20)18-12-6-7-27(22,23)10-12/h2-5,9,12H,6-8,10H2,1H3,(H,18,20)/t12-/m0/s1. The Hall–Kier alpha value is -2.46. The number of thiazole rings is 1. The van der Waals surface area contributed by atoms with Gasteiger partial charge in [-0.25, -0.2) is 18.2 Å². The number of esters is 1. The van der Waals surface area contributed by atoms with E-state index in [1.54, 1.807) is 24.6 Å². The van der Waals surface area contributed by atoms with Gasteiger partial charge in [0.15, 0.2) is 22.1 Å². The number of nitrogens with zero attached hydrogens (tertiary/aromatic N) is 1. The van der Waals surface area contributed by atoms with Crippen molar-refractivity contribution < 1.29 is 27.5 Å².